The van der Waals surface area contributed by atoms with Gasteiger partial charge in [-0.15, -0.1) is 0 Å². The van der Waals surface area contributed by atoms with Crippen molar-refractivity contribution in [3.05, 3.63) is 90.0 Å². The molecule has 0 radical (unpaired) electrons. The SMILES string of the molecule is COC1CN(C(=O)c2ccccn2)CC1Oc1cccc(CS(=O)(=O)N2CCCC2c2ccccn2)c1. The third kappa shape index (κ3) is 5.66. The van der Waals surface area contributed by atoms with Crippen molar-refractivity contribution >= 4 is 15.9 Å². The molecule has 9 nitrogen and oxygen atoms in total. The molecule has 194 valence electrons. The van der Waals surface area contributed by atoms with Gasteiger partial charge in [-0.05, 0) is 54.8 Å². The predicted octanol–water partition coefficient (Wildman–Crippen LogP) is 3.06. The number of hydrogen-bond donors (Lipinski definition) is 0. The van der Waals surface area contributed by atoms with E-state index < -0.39 is 16.1 Å². The first-order valence-corrected chi connectivity index (χ1v) is 13.9. The summed E-state index contributed by atoms with van der Waals surface area (Å²) in [7, 11) is -1.98. The average molecular weight is 523 g/mol. The summed E-state index contributed by atoms with van der Waals surface area (Å²) in [5.41, 5.74) is 1.78. The minimum atomic E-state index is -3.57. The topological polar surface area (TPSA) is 102 Å². The second-order valence-corrected chi connectivity index (χ2v) is 11.2. The standard InChI is InChI=1S/C27H30N4O5S/c1-35-25-17-30(27(32)23-11-3-5-14-29-23)18-26(25)36-21-9-6-8-20(16-21)19-37(33,34)31-15-7-12-24(31)22-10-2-4-13-28-22/h2-6,8-11,13-14,16,24-26H,7,12,15,17-19H2,1H3. The summed E-state index contributed by atoms with van der Waals surface area (Å²) in [6.07, 6.45) is 4.14. The number of hydrogen-bond acceptors (Lipinski definition) is 7. The molecule has 0 saturated carbocycles. The molecule has 37 heavy (non-hydrogen) atoms. The van der Waals surface area contributed by atoms with Crippen LogP contribution in [-0.4, -0.2) is 72.5 Å². The Hall–Kier alpha value is -3.34. The van der Waals surface area contributed by atoms with Gasteiger partial charge in [0.15, 0.2) is 0 Å². The van der Waals surface area contributed by atoms with Crippen LogP contribution in [0.5, 0.6) is 5.75 Å². The summed E-state index contributed by atoms with van der Waals surface area (Å²) in [5, 5.41) is 0. The molecule has 2 fully saturated rings. The molecule has 2 aromatic heterocycles. The lowest BCUT2D eigenvalue weighted by Crippen LogP contribution is -2.32. The van der Waals surface area contributed by atoms with Crippen LogP contribution in [0.3, 0.4) is 0 Å². The van der Waals surface area contributed by atoms with Crippen molar-refractivity contribution in [2.45, 2.75) is 36.8 Å². The highest BCUT2D eigenvalue weighted by Gasteiger charge is 2.38. The third-order valence-electron chi connectivity index (χ3n) is 6.81. The number of nitrogens with zero attached hydrogens (tertiary/aromatic N) is 4. The van der Waals surface area contributed by atoms with Crippen molar-refractivity contribution < 1.29 is 22.7 Å². The maximum absolute atomic E-state index is 13.4. The van der Waals surface area contributed by atoms with Crippen LogP contribution >= 0.6 is 0 Å². The number of carbonyl (C=O) groups excluding carboxylic acids is 1. The Labute approximate surface area is 217 Å². The summed E-state index contributed by atoms with van der Waals surface area (Å²) >= 11 is 0. The molecule has 2 aliphatic rings. The van der Waals surface area contributed by atoms with Gasteiger partial charge in [-0.1, -0.05) is 24.3 Å². The summed E-state index contributed by atoms with van der Waals surface area (Å²) in [6.45, 7) is 1.21. The van der Waals surface area contributed by atoms with E-state index in [2.05, 4.69) is 9.97 Å². The van der Waals surface area contributed by atoms with Crippen molar-refractivity contribution in [3.8, 4) is 5.75 Å². The van der Waals surface area contributed by atoms with Crippen molar-refractivity contribution in [2.75, 3.05) is 26.7 Å². The van der Waals surface area contributed by atoms with Gasteiger partial charge < -0.3 is 14.4 Å². The van der Waals surface area contributed by atoms with Crippen molar-refractivity contribution in [2.24, 2.45) is 0 Å². The molecule has 3 atom stereocenters. The molecular formula is C27H30N4O5S. The molecule has 0 N–H and O–H groups in total. The number of ether oxygens (including phenoxy) is 2. The van der Waals surface area contributed by atoms with E-state index in [0.717, 1.165) is 18.5 Å². The first-order valence-electron chi connectivity index (χ1n) is 12.3. The molecule has 0 bridgehead atoms. The number of carbonyl (C=O) groups is 1. The molecule has 1 amide bonds. The fourth-order valence-corrected chi connectivity index (χ4v) is 6.79. The number of methoxy groups -OCH3 is 1. The lowest BCUT2D eigenvalue weighted by Gasteiger charge is -2.24. The number of benzene rings is 1. The van der Waals surface area contributed by atoms with Crippen LogP contribution in [0, 0.1) is 0 Å². The Balaban J connectivity index is 1.27. The highest BCUT2D eigenvalue weighted by molar-refractivity contribution is 7.88. The van der Waals surface area contributed by atoms with Gasteiger partial charge in [0.2, 0.25) is 10.0 Å². The fourth-order valence-electron chi connectivity index (χ4n) is 5.02. The summed E-state index contributed by atoms with van der Waals surface area (Å²) in [6, 6.07) is 17.7. The zero-order chi connectivity index (χ0) is 25.8. The molecule has 10 heteroatoms. The van der Waals surface area contributed by atoms with Crippen LogP contribution in [0.25, 0.3) is 0 Å². The first kappa shape index (κ1) is 25.3. The predicted molar refractivity (Wildman–Crippen MR) is 137 cm³/mol. The molecule has 5 rings (SSSR count). The van der Waals surface area contributed by atoms with Crippen molar-refractivity contribution in [1.82, 2.24) is 19.2 Å². The molecule has 2 saturated heterocycles. The van der Waals surface area contributed by atoms with Crippen LogP contribution in [0.2, 0.25) is 0 Å². The van der Waals surface area contributed by atoms with E-state index in [4.69, 9.17) is 9.47 Å². The molecule has 3 unspecified atom stereocenters. The Morgan fingerprint density at radius 3 is 2.51 bits per heavy atom. The molecule has 2 aliphatic heterocycles. The smallest absolute Gasteiger partial charge is 0.272 e. The monoisotopic (exact) mass is 522 g/mol. The van der Waals surface area contributed by atoms with Crippen LogP contribution in [0.15, 0.2) is 73.1 Å². The first-order chi connectivity index (χ1) is 17.9. The number of sulfonamides is 1. The van der Waals surface area contributed by atoms with Gasteiger partial charge in [-0.2, -0.15) is 4.31 Å². The molecule has 4 heterocycles. The number of likely N-dealkylation sites (tertiary alicyclic amines) is 1. The Morgan fingerprint density at radius 2 is 1.78 bits per heavy atom. The third-order valence-corrected chi connectivity index (χ3v) is 8.66. The van der Waals surface area contributed by atoms with Gasteiger partial charge in [-0.3, -0.25) is 14.8 Å². The number of pyridine rings is 2. The second-order valence-electron chi connectivity index (χ2n) is 9.28. The van der Waals surface area contributed by atoms with Gasteiger partial charge in [0.1, 0.15) is 23.7 Å². The van der Waals surface area contributed by atoms with Gasteiger partial charge in [0.05, 0.1) is 30.6 Å². The quantitative estimate of drug-likeness (QED) is 0.448. The molecule has 1 aromatic carbocycles. The van der Waals surface area contributed by atoms with Gasteiger partial charge in [0, 0.05) is 26.0 Å². The maximum atomic E-state index is 13.4. The zero-order valence-electron chi connectivity index (χ0n) is 20.6. The molecule has 0 spiro atoms. The van der Waals surface area contributed by atoms with Crippen molar-refractivity contribution in [3.63, 3.8) is 0 Å². The van der Waals surface area contributed by atoms with Crippen molar-refractivity contribution in [1.29, 1.82) is 0 Å². The van der Waals surface area contributed by atoms with E-state index in [-0.39, 0.29) is 23.8 Å². The normalized spacial score (nSPS) is 22.3. The van der Waals surface area contributed by atoms with E-state index in [0.29, 0.717) is 36.6 Å². The minimum Gasteiger partial charge on any atom is -0.486 e. The highest BCUT2D eigenvalue weighted by Crippen LogP contribution is 2.34. The molecule has 0 aliphatic carbocycles. The van der Waals surface area contributed by atoms with E-state index in [1.807, 2.05) is 18.2 Å². The average Bonchev–Trinajstić information content (AvgIpc) is 3.57. The van der Waals surface area contributed by atoms with E-state index >= 15 is 0 Å². The van der Waals surface area contributed by atoms with Crippen LogP contribution in [-0.2, 0) is 20.5 Å². The van der Waals surface area contributed by atoms with Gasteiger partial charge >= 0.3 is 0 Å². The summed E-state index contributed by atoms with van der Waals surface area (Å²) < 4.78 is 40.1. The minimum absolute atomic E-state index is 0.129. The fraction of sp³-hybridized carbons (Fsp3) is 0.370. The largest absolute Gasteiger partial charge is 0.486 e. The second kappa shape index (κ2) is 11.0. The van der Waals surface area contributed by atoms with E-state index in [1.165, 1.54) is 0 Å². The summed E-state index contributed by atoms with van der Waals surface area (Å²) in [4.78, 5) is 23.1. The molecule has 3 aromatic rings. The lowest BCUT2D eigenvalue weighted by molar-refractivity contribution is 0.0339. The van der Waals surface area contributed by atoms with E-state index in [1.54, 1.807) is 71.2 Å². The van der Waals surface area contributed by atoms with E-state index in [9.17, 15) is 13.2 Å². The molecular weight excluding hydrogens is 492 g/mol. The maximum Gasteiger partial charge on any atom is 0.272 e. The summed E-state index contributed by atoms with van der Waals surface area (Å²) in [5.74, 6) is 0.229. The Morgan fingerprint density at radius 1 is 1.00 bits per heavy atom. The van der Waals surface area contributed by atoms with Crippen LogP contribution in [0.1, 0.15) is 40.6 Å². The lowest BCUT2D eigenvalue weighted by atomic mass is 10.1. The number of aromatic nitrogens is 2. The number of amides is 1. The van der Waals surface area contributed by atoms with Gasteiger partial charge in [-0.25, -0.2) is 8.42 Å². The van der Waals surface area contributed by atoms with Crippen LogP contribution < -0.4 is 4.74 Å². The Bertz CT molecular complexity index is 1320. The Kier molecular flexibility index (Phi) is 7.50. The zero-order valence-corrected chi connectivity index (χ0v) is 21.5. The highest BCUT2D eigenvalue weighted by atomic mass is 32.2. The number of rotatable bonds is 8. The van der Waals surface area contributed by atoms with Gasteiger partial charge in [0.25, 0.3) is 5.91 Å². The van der Waals surface area contributed by atoms with Crippen LogP contribution in [0.4, 0.5) is 0 Å².